The average molecular weight is 259 g/mol. The highest BCUT2D eigenvalue weighted by atomic mass is 79.9. The third kappa shape index (κ3) is 3.87. The van der Waals surface area contributed by atoms with Crippen LogP contribution in [-0.4, -0.2) is 5.78 Å². The van der Waals surface area contributed by atoms with Gasteiger partial charge in [-0.3, -0.25) is 4.79 Å². The standard InChI is InChI=1S/C10H11BrOS/c1-7(2)5-8(12)6-9-3-4-10(11)13-9/h3-5H,6H2,1-2H3. The fraction of sp³-hybridized carbons (Fsp3) is 0.300. The Morgan fingerprint density at radius 2 is 2.23 bits per heavy atom. The van der Waals surface area contributed by atoms with Gasteiger partial charge in [0.15, 0.2) is 5.78 Å². The van der Waals surface area contributed by atoms with Crippen LogP contribution in [0.4, 0.5) is 0 Å². The van der Waals surface area contributed by atoms with Gasteiger partial charge in [-0.2, -0.15) is 0 Å². The van der Waals surface area contributed by atoms with Crippen LogP contribution in [0, 0.1) is 0 Å². The van der Waals surface area contributed by atoms with Crippen LogP contribution in [0.5, 0.6) is 0 Å². The Balaban J connectivity index is 2.60. The summed E-state index contributed by atoms with van der Waals surface area (Å²) in [5.74, 6) is 0.175. The number of allylic oxidation sites excluding steroid dienone is 2. The highest BCUT2D eigenvalue weighted by molar-refractivity contribution is 9.11. The van der Waals surface area contributed by atoms with Crippen molar-refractivity contribution < 1.29 is 4.79 Å². The number of halogens is 1. The molecule has 3 heteroatoms. The molecule has 1 nitrogen and oxygen atoms in total. The Morgan fingerprint density at radius 3 is 2.69 bits per heavy atom. The van der Waals surface area contributed by atoms with Crippen LogP contribution in [0.3, 0.4) is 0 Å². The first-order valence-corrected chi connectivity index (χ1v) is 5.61. The van der Waals surface area contributed by atoms with Gasteiger partial charge in [-0.1, -0.05) is 5.57 Å². The van der Waals surface area contributed by atoms with Gasteiger partial charge in [-0.05, 0) is 48.0 Å². The molecule has 0 aromatic carbocycles. The van der Waals surface area contributed by atoms with Crippen LogP contribution in [0.25, 0.3) is 0 Å². The lowest BCUT2D eigenvalue weighted by molar-refractivity contribution is -0.114. The largest absolute Gasteiger partial charge is 0.294 e. The summed E-state index contributed by atoms with van der Waals surface area (Å²) >= 11 is 4.97. The van der Waals surface area contributed by atoms with Crippen LogP contribution in [0.1, 0.15) is 18.7 Å². The van der Waals surface area contributed by atoms with Gasteiger partial charge in [0.1, 0.15) is 0 Å². The molecule has 0 unspecified atom stereocenters. The summed E-state index contributed by atoms with van der Waals surface area (Å²) in [5, 5.41) is 0. The fourth-order valence-electron chi connectivity index (χ4n) is 0.991. The van der Waals surface area contributed by atoms with Crippen molar-refractivity contribution in [1.82, 2.24) is 0 Å². The molecule has 13 heavy (non-hydrogen) atoms. The van der Waals surface area contributed by atoms with E-state index in [2.05, 4.69) is 15.9 Å². The van der Waals surface area contributed by atoms with E-state index in [9.17, 15) is 4.79 Å². The first kappa shape index (κ1) is 10.7. The third-order valence-corrected chi connectivity index (χ3v) is 3.05. The van der Waals surface area contributed by atoms with Gasteiger partial charge >= 0.3 is 0 Å². The Bertz CT molecular complexity index is 334. The highest BCUT2D eigenvalue weighted by Gasteiger charge is 2.02. The van der Waals surface area contributed by atoms with Crippen molar-refractivity contribution in [2.45, 2.75) is 20.3 Å². The molecule has 0 aliphatic carbocycles. The van der Waals surface area contributed by atoms with E-state index >= 15 is 0 Å². The Hall–Kier alpha value is -0.410. The molecule has 0 aliphatic rings. The molecule has 0 saturated heterocycles. The molecular weight excluding hydrogens is 248 g/mol. The number of thiophene rings is 1. The van der Waals surface area contributed by atoms with Crippen LogP contribution in [0.2, 0.25) is 0 Å². The Morgan fingerprint density at radius 1 is 1.54 bits per heavy atom. The third-order valence-electron chi connectivity index (χ3n) is 1.43. The first-order chi connectivity index (χ1) is 6.08. The van der Waals surface area contributed by atoms with Crippen LogP contribution in [0.15, 0.2) is 27.6 Å². The molecule has 0 atom stereocenters. The SMILES string of the molecule is CC(C)=CC(=O)Cc1ccc(Br)s1. The van der Waals surface area contributed by atoms with E-state index in [1.165, 1.54) is 0 Å². The zero-order valence-corrected chi connectivity index (χ0v) is 10.0. The minimum atomic E-state index is 0.175. The van der Waals surface area contributed by atoms with E-state index in [0.29, 0.717) is 6.42 Å². The van der Waals surface area contributed by atoms with E-state index in [4.69, 9.17) is 0 Å². The van der Waals surface area contributed by atoms with Crippen LogP contribution < -0.4 is 0 Å². The molecule has 0 spiro atoms. The summed E-state index contributed by atoms with van der Waals surface area (Å²) in [5.41, 5.74) is 1.06. The van der Waals surface area contributed by atoms with E-state index in [1.807, 2.05) is 26.0 Å². The number of carbonyl (C=O) groups excluding carboxylic acids is 1. The topological polar surface area (TPSA) is 17.1 Å². The molecule has 0 radical (unpaired) electrons. The molecule has 0 saturated carbocycles. The molecular formula is C10H11BrOS. The van der Waals surface area contributed by atoms with Gasteiger partial charge in [0.25, 0.3) is 0 Å². The minimum absolute atomic E-state index is 0.175. The van der Waals surface area contributed by atoms with Crippen molar-refractivity contribution in [3.8, 4) is 0 Å². The molecule has 0 bridgehead atoms. The lowest BCUT2D eigenvalue weighted by atomic mass is 10.2. The summed E-state index contributed by atoms with van der Waals surface area (Å²) in [7, 11) is 0. The summed E-state index contributed by atoms with van der Waals surface area (Å²) < 4.78 is 1.08. The molecule has 1 aromatic heterocycles. The molecule has 0 aliphatic heterocycles. The number of carbonyl (C=O) groups is 1. The second-order valence-electron chi connectivity index (χ2n) is 3.07. The number of ketones is 1. The summed E-state index contributed by atoms with van der Waals surface area (Å²) in [6.45, 7) is 3.87. The monoisotopic (exact) mass is 258 g/mol. The number of rotatable bonds is 3. The first-order valence-electron chi connectivity index (χ1n) is 4.00. The van der Waals surface area contributed by atoms with E-state index in [1.54, 1.807) is 17.4 Å². The summed E-state index contributed by atoms with van der Waals surface area (Å²) in [6.07, 6.45) is 2.20. The molecule has 1 rings (SSSR count). The van der Waals surface area contributed by atoms with Crippen molar-refractivity contribution in [2.24, 2.45) is 0 Å². The predicted octanol–water partition coefficient (Wildman–Crippen LogP) is 3.59. The van der Waals surface area contributed by atoms with E-state index < -0.39 is 0 Å². The quantitative estimate of drug-likeness (QED) is 0.758. The molecule has 1 heterocycles. The minimum Gasteiger partial charge on any atom is -0.294 e. The normalized spacial score (nSPS) is 9.77. The maximum Gasteiger partial charge on any atom is 0.160 e. The lowest BCUT2D eigenvalue weighted by Crippen LogP contribution is -1.96. The predicted molar refractivity (Wildman–Crippen MR) is 60.2 cm³/mol. The lowest BCUT2D eigenvalue weighted by Gasteiger charge is -1.92. The van der Waals surface area contributed by atoms with E-state index in [0.717, 1.165) is 14.2 Å². The van der Waals surface area contributed by atoms with Crippen LogP contribution in [-0.2, 0) is 11.2 Å². The van der Waals surface area contributed by atoms with Gasteiger partial charge < -0.3 is 0 Å². The van der Waals surface area contributed by atoms with Crippen molar-refractivity contribution in [3.63, 3.8) is 0 Å². The average Bonchev–Trinajstić information content (AvgIpc) is 2.33. The molecule has 1 aromatic rings. The zero-order chi connectivity index (χ0) is 9.84. The molecule has 70 valence electrons. The highest BCUT2D eigenvalue weighted by Crippen LogP contribution is 2.22. The smallest absolute Gasteiger partial charge is 0.160 e. The molecule has 0 amide bonds. The van der Waals surface area contributed by atoms with Crippen molar-refractivity contribution in [1.29, 1.82) is 0 Å². The summed E-state index contributed by atoms with van der Waals surface area (Å²) in [4.78, 5) is 12.5. The molecule has 0 fully saturated rings. The maximum absolute atomic E-state index is 11.3. The fourth-order valence-corrected chi connectivity index (χ4v) is 2.48. The van der Waals surface area contributed by atoms with Gasteiger partial charge in [-0.15, -0.1) is 11.3 Å². The van der Waals surface area contributed by atoms with Crippen molar-refractivity contribution >= 4 is 33.0 Å². The van der Waals surface area contributed by atoms with Crippen molar-refractivity contribution in [3.05, 3.63) is 32.4 Å². The Labute approximate surface area is 90.6 Å². The van der Waals surface area contributed by atoms with E-state index in [-0.39, 0.29) is 5.78 Å². The Kier molecular flexibility index (Phi) is 3.88. The van der Waals surface area contributed by atoms with Crippen molar-refractivity contribution in [2.75, 3.05) is 0 Å². The summed E-state index contributed by atoms with van der Waals surface area (Å²) in [6, 6.07) is 3.95. The second kappa shape index (κ2) is 4.72. The van der Waals surface area contributed by atoms with Gasteiger partial charge in [-0.25, -0.2) is 0 Å². The van der Waals surface area contributed by atoms with Gasteiger partial charge in [0.2, 0.25) is 0 Å². The van der Waals surface area contributed by atoms with Gasteiger partial charge in [0.05, 0.1) is 3.79 Å². The van der Waals surface area contributed by atoms with Gasteiger partial charge in [0, 0.05) is 11.3 Å². The maximum atomic E-state index is 11.3. The van der Waals surface area contributed by atoms with Crippen LogP contribution >= 0.6 is 27.3 Å². The second-order valence-corrected chi connectivity index (χ2v) is 5.62. The molecule has 0 N–H and O–H groups in total. The number of hydrogen-bond donors (Lipinski definition) is 0. The number of hydrogen-bond acceptors (Lipinski definition) is 2. The zero-order valence-electron chi connectivity index (χ0n) is 7.63.